The molecule has 3 aromatic rings. The maximum atomic E-state index is 13.3. The summed E-state index contributed by atoms with van der Waals surface area (Å²) < 4.78 is 43.8. The lowest BCUT2D eigenvalue weighted by Crippen LogP contribution is -2.42. The monoisotopic (exact) mass is 521 g/mol. The fraction of sp³-hybridized carbons (Fsp3) is 0.417. The zero-order valence-corrected chi connectivity index (χ0v) is 21.7. The molecular weight excluding hydrogens is 493 g/mol. The highest BCUT2D eigenvalue weighted by Crippen LogP contribution is 2.25. The third-order valence-corrected chi connectivity index (χ3v) is 9.58. The van der Waals surface area contributed by atoms with Gasteiger partial charge in [-0.15, -0.1) is 0 Å². The number of nitrogens with zero attached hydrogens (tertiary/aromatic N) is 3. The number of hydrogen-bond donors (Lipinski definition) is 0. The highest BCUT2D eigenvalue weighted by molar-refractivity contribution is 7.98. The average Bonchev–Trinajstić information content (AvgIpc) is 3.18. The molecular formula is C24H28FN3O3S3. The van der Waals surface area contributed by atoms with E-state index in [1.807, 2.05) is 6.26 Å². The van der Waals surface area contributed by atoms with Crippen molar-refractivity contribution in [3.63, 3.8) is 0 Å². The number of hydrogen-bond acceptors (Lipinski definition) is 5. The van der Waals surface area contributed by atoms with Crippen molar-refractivity contribution in [1.82, 2.24) is 8.87 Å². The van der Waals surface area contributed by atoms with E-state index in [2.05, 4.69) is 34.7 Å². The number of amides is 1. The van der Waals surface area contributed by atoms with Crippen molar-refractivity contribution < 1.29 is 17.6 Å². The molecule has 2 heterocycles. The number of thioether (sulfide) groups is 1. The molecule has 10 heteroatoms. The SMILES string of the molecule is CCc1ccc2c(c1)sc(=NC(=O)C1CCCN(S(=O)(=O)c3ccc(F)cc3)C1)n2CCSC. The first-order chi connectivity index (χ1) is 16.3. The standard InChI is InChI=1S/C24H28FN3O3S3/c1-3-17-6-11-21-22(15-17)33-24(28(21)13-14-32-2)26-23(29)18-5-4-12-27(16-18)34(30,31)20-9-7-19(25)8-10-20/h6-11,15,18H,3-5,12-14,16H2,1-2H3. The minimum Gasteiger partial charge on any atom is -0.316 e. The molecule has 1 aliphatic rings. The van der Waals surface area contributed by atoms with Crippen molar-refractivity contribution in [3.05, 3.63) is 58.6 Å². The van der Waals surface area contributed by atoms with Crippen LogP contribution in [0.1, 0.15) is 25.3 Å². The van der Waals surface area contributed by atoms with Gasteiger partial charge in [-0.2, -0.15) is 21.1 Å². The molecule has 1 amide bonds. The molecule has 1 saturated heterocycles. The van der Waals surface area contributed by atoms with Crippen LogP contribution in [0.4, 0.5) is 4.39 Å². The van der Waals surface area contributed by atoms with Gasteiger partial charge in [-0.3, -0.25) is 4.79 Å². The topological polar surface area (TPSA) is 71.7 Å². The van der Waals surface area contributed by atoms with E-state index in [-0.39, 0.29) is 17.3 Å². The zero-order chi connectivity index (χ0) is 24.3. The van der Waals surface area contributed by atoms with E-state index in [9.17, 15) is 17.6 Å². The summed E-state index contributed by atoms with van der Waals surface area (Å²) in [5, 5.41) is 0. The van der Waals surface area contributed by atoms with Gasteiger partial charge < -0.3 is 4.57 Å². The van der Waals surface area contributed by atoms with Gasteiger partial charge in [-0.25, -0.2) is 12.8 Å². The second-order valence-electron chi connectivity index (χ2n) is 8.29. The maximum absolute atomic E-state index is 13.3. The number of thiazole rings is 1. The molecule has 1 aromatic heterocycles. The minimum absolute atomic E-state index is 0.0325. The van der Waals surface area contributed by atoms with E-state index in [1.54, 1.807) is 11.8 Å². The van der Waals surface area contributed by atoms with Gasteiger partial charge >= 0.3 is 0 Å². The Balaban J connectivity index is 1.62. The number of aryl methyl sites for hydroxylation is 2. The van der Waals surface area contributed by atoms with E-state index in [1.165, 1.54) is 33.3 Å². The van der Waals surface area contributed by atoms with Crippen molar-refractivity contribution in [3.8, 4) is 0 Å². The first-order valence-corrected chi connectivity index (χ1v) is 14.9. The molecule has 0 bridgehead atoms. The number of carbonyl (C=O) groups is 1. The summed E-state index contributed by atoms with van der Waals surface area (Å²) in [7, 11) is -3.80. The van der Waals surface area contributed by atoms with Gasteiger partial charge in [-0.1, -0.05) is 24.3 Å². The molecule has 2 aromatic carbocycles. The van der Waals surface area contributed by atoms with Crippen LogP contribution in [0.15, 0.2) is 52.4 Å². The Morgan fingerprint density at radius 1 is 1.24 bits per heavy atom. The van der Waals surface area contributed by atoms with E-state index in [4.69, 9.17) is 0 Å². The van der Waals surface area contributed by atoms with Gasteiger partial charge in [0.2, 0.25) is 10.0 Å². The summed E-state index contributed by atoms with van der Waals surface area (Å²) in [4.78, 5) is 18.4. The lowest BCUT2D eigenvalue weighted by atomic mass is 9.99. The summed E-state index contributed by atoms with van der Waals surface area (Å²) in [5.41, 5.74) is 2.30. The average molecular weight is 522 g/mol. The van der Waals surface area contributed by atoms with Crippen LogP contribution >= 0.6 is 23.1 Å². The van der Waals surface area contributed by atoms with E-state index < -0.39 is 21.8 Å². The fourth-order valence-electron chi connectivity index (χ4n) is 4.13. The van der Waals surface area contributed by atoms with Crippen LogP contribution in [0.2, 0.25) is 0 Å². The van der Waals surface area contributed by atoms with Crippen LogP contribution in [0.5, 0.6) is 0 Å². The van der Waals surface area contributed by atoms with Gasteiger partial charge in [0.05, 0.1) is 21.0 Å². The Hall–Kier alpha value is -2.01. The molecule has 4 rings (SSSR count). The first kappa shape index (κ1) is 25.1. The summed E-state index contributed by atoms with van der Waals surface area (Å²) in [6, 6.07) is 11.1. The molecule has 1 unspecified atom stereocenters. The quantitative estimate of drug-likeness (QED) is 0.465. The molecule has 0 saturated carbocycles. The smallest absolute Gasteiger partial charge is 0.252 e. The Bertz CT molecular complexity index is 1350. The second kappa shape index (κ2) is 10.7. The second-order valence-corrected chi connectivity index (χ2v) is 12.2. The summed E-state index contributed by atoms with van der Waals surface area (Å²) in [6.45, 7) is 3.27. The van der Waals surface area contributed by atoms with Gasteiger partial charge in [0, 0.05) is 25.4 Å². The predicted molar refractivity (Wildman–Crippen MR) is 136 cm³/mol. The van der Waals surface area contributed by atoms with Crippen LogP contribution < -0.4 is 4.80 Å². The van der Waals surface area contributed by atoms with Gasteiger partial charge in [0.1, 0.15) is 5.82 Å². The normalized spacial score (nSPS) is 18.0. The molecule has 6 nitrogen and oxygen atoms in total. The molecule has 1 atom stereocenters. The summed E-state index contributed by atoms with van der Waals surface area (Å²) in [6.07, 6.45) is 4.15. The molecule has 0 radical (unpaired) electrons. The Labute approximate surface area is 207 Å². The maximum Gasteiger partial charge on any atom is 0.252 e. The van der Waals surface area contributed by atoms with Gasteiger partial charge in [-0.05, 0) is 67.5 Å². The van der Waals surface area contributed by atoms with Crippen molar-refractivity contribution in [2.75, 3.05) is 25.1 Å². The molecule has 34 heavy (non-hydrogen) atoms. The third-order valence-electron chi connectivity index (χ3n) is 6.07. The van der Waals surface area contributed by atoms with Crippen LogP contribution in [0.25, 0.3) is 10.2 Å². The van der Waals surface area contributed by atoms with Crippen LogP contribution in [0.3, 0.4) is 0 Å². The first-order valence-electron chi connectivity index (χ1n) is 11.3. The van der Waals surface area contributed by atoms with Crippen LogP contribution in [-0.4, -0.2) is 48.3 Å². The van der Waals surface area contributed by atoms with E-state index in [0.717, 1.165) is 41.1 Å². The third kappa shape index (κ3) is 5.30. The lowest BCUT2D eigenvalue weighted by Gasteiger charge is -2.30. The van der Waals surface area contributed by atoms with Crippen LogP contribution in [0, 0.1) is 11.7 Å². The van der Waals surface area contributed by atoms with Crippen molar-refractivity contribution in [2.24, 2.45) is 10.9 Å². The number of piperidine rings is 1. The Morgan fingerprint density at radius 2 is 2.00 bits per heavy atom. The van der Waals surface area contributed by atoms with Crippen molar-refractivity contribution >= 4 is 49.2 Å². The fourth-order valence-corrected chi connectivity index (χ4v) is 7.14. The number of sulfonamides is 1. The Morgan fingerprint density at radius 3 is 2.71 bits per heavy atom. The molecule has 0 N–H and O–H groups in total. The number of benzene rings is 2. The predicted octanol–water partition coefficient (Wildman–Crippen LogP) is 4.30. The largest absolute Gasteiger partial charge is 0.316 e. The zero-order valence-electron chi connectivity index (χ0n) is 19.2. The minimum atomic E-state index is -3.80. The highest BCUT2D eigenvalue weighted by Gasteiger charge is 2.33. The number of carbonyl (C=O) groups excluding carboxylic acids is 1. The van der Waals surface area contributed by atoms with E-state index in [0.29, 0.717) is 24.2 Å². The van der Waals surface area contributed by atoms with Gasteiger partial charge in [0.15, 0.2) is 4.80 Å². The highest BCUT2D eigenvalue weighted by atomic mass is 32.2. The molecule has 0 aliphatic carbocycles. The van der Waals surface area contributed by atoms with Crippen LogP contribution in [-0.2, 0) is 27.8 Å². The summed E-state index contributed by atoms with van der Waals surface area (Å²) >= 11 is 3.23. The Kier molecular flexibility index (Phi) is 7.91. The number of halogens is 1. The van der Waals surface area contributed by atoms with E-state index >= 15 is 0 Å². The summed E-state index contributed by atoms with van der Waals surface area (Å²) in [5.74, 6) is -0.391. The van der Waals surface area contributed by atoms with Crippen molar-refractivity contribution in [1.29, 1.82) is 0 Å². The lowest BCUT2D eigenvalue weighted by molar-refractivity contribution is -0.122. The number of rotatable bonds is 7. The van der Waals surface area contributed by atoms with Gasteiger partial charge in [0.25, 0.3) is 5.91 Å². The number of fused-ring (bicyclic) bond motifs is 1. The number of aromatic nitrogens is 1. The molecule has 0 spiro atoms. The molecule has 182 valence electrons. The molecule has 1 aliphatic heterocycles. The van der Waals surface area contributed by atoms with Crippen molar-refractivity contribution in [2.45, 2.75) is 37.6 Å². The molecule has 1 fully saturated rings.